The van der Waals surface area contributed by atoms with Crippen LogP contribution in [0.25, 0.3) is 0 Å². The normalized spacial score (nSPS) is 48.2. The molecule has 1 spiro atoms. The number of carbonyl (C=O) groups excluding carboxylic acids is 2. The Labute approximate surface area is 262 Å². The number of hydrogen-bond acceptors (Lipinski definition) is 6. The van der Waals surface area contributed by atoms with Crippen molar-refractivity contribution in [3.8, 4) is 0 Å². The van der Waals surface area contributed by atoms with Crippen LogP contribution in [0.2, 0.25) is 0 Å². The van der Waals surface area contributed by atoms with E-state index in [0.29, 0.717) is 66.8 Å². The standard InChI is InChI=1S/C35H54N2O7/c1-21-7-12-35(42-20-21)22(2)31-28(44-35)18-27-25-6-5-23-17-24(8-10-33(23,3)26(25)9-11-34(27,31)4)43-32(41)37-15-13-36(14-16-37)29(38)19-30(39)40/h21-28,31H,5-20H2,1-4H3,(H,39,40)/t21-,22-,23?,24-,25?,26?,27?,28?,31?,33-,34?,35+/m0/s1. The van der Waals surface area contributed by atoms with Crippen molar-refractivity contribution in [3.05, 3.63) is 0 Å². The summed E-state index contributed by atoms with van der Waals surface area (Å²) in [6.45, 7) is 12.2. The lowest BCUT2D eigenvalue weighted by Crippen LogP contribution is -2.55. The third-order valence-electron chi connectivity index (χ3n) is 14.3. The lowest BCUT2D eigenvalue weighted by molar-refractivity contribution is -0.273. The predicted octanol–water partition coefficient (Wildman–Crippen LogP) is 5.56. The molecule has 0 bridgehead atoms. The van der Waals surface area contributed by atoms with Crippen LogP contribution in [0.1, 0.15) is 98.3 Å². The van der Waals surface area contributed by atoms with Crippen molar-refractivity contribution < 1.29 is 33.7 Å². The maximum atomic E-state index is 13.1. The van der Waals surface area contributed by atoms with Crippen molar-refractivity contribution >= 4 is 18.0 Å². The molecule has 0 aromatic rings. The van der Waals surface area contributed by atoms with Gasteiger partial charge in [0.15, 0.2) is 5.79 Å². The molecule has 7 rings (SSSR count). The molecule has 7 fully saturated rings. The van der Waals surface area contributed by atoms with E-state index in [1.54, 1.807) is 4.90 Å². The summed E-state index contributed by atoms with van der Waals surface area (Å²) in [7, 11) is 0. The molecule has 12 atom stereocenters. The maximum Gasteiger partial charge on any atom is 0.410 e. The molecule has 9 nitrogen and oxygen atoms in total. The number of carboxylic acids is 1. The molecule has 3 heterocycles. The minimum absolute atomic E-state index is 0.0489. The van der Waals surface area contributed by atoms with Crippen LogP contribution in [0.4, 0.5) is 4.79 Å². The molecular formula is C35H54N2O7. The largest absolute Gasteiger partial charge is 0.481 e. The summed E-state index contributed by atoms with van der Waals surface area (Å²) in [5.41, 5.74) is 0.636. The second-order valence-corrected chi connectivity index (χ2v) is 16.4. The van der Waals surface area contributed by atoms with E-state index in [2.05, 4.69) is 27.7 Å². The minimum Gasteiger partial charge on any atom is -0.481 e. The third kappa shape index (κ3) is 4.89. The van der Waals surface area contributed by atoms with Gasteiger partial charge in [0.2, 0.25) is 5.91 Å². The number of carbonyl (C=O) groups is 3. The molecule has 44 heavy (non-hydrogen) atoms. The lowest BCUT2D eigenvalue weighted by Gasteiger charge is -2.61. The summed E-state index contributed by atoms with van der Waals surface area (Å²) in [6, 6.07) is 0. The number of hydrogen-bond donors (Lipinski definition) is 1. The van der Waals surface area contributed by atoms with Crippen molar-refractivity contribution in [2.45, 2.75) is 116 Å². The van der Waals surface area contributed by atoms with E-state index < -0.39 is 18.3 Å². The summed E-state index contributed by atoms with van der Waals surface area (Å²) in [5.74, 6) is 2.63. The highest BCUT2D eigenvalue weighted by Crippen LogP contribution is 2.71. The zero-order valence-electron chi connectivity index (χ0n) is 27.3. The molecule has 1 N–H and O–H groups in total. The molecule has 3 aliphatic heterocycles. The van der Waals surface area contributed by atoms with Crippen molar-refractivity contribution in [2.24, 2.45) is 52.3 Å². The van der Waals surface area contributed by atoms with Crippen LogP contribution in [0, 0.1) is 52.3 Å². The van der Waals surface area contributed by atoms with Crippen molar-refractivity contribution in [1.29, 1.82) is 0 Å². The molecule has 7 unspecified atom stereocenters. The minimum atomic E-state index is -1.12. The first-order valence-electron chi connectivity index (χ1n) is 17.7. The van der Waals surface area contributed by atoms with Crippen LogP contribution < -0.4 is 0 Å². The maximum absolute atomic E-state index is 13.1. The average Bonchev–Trinajstić information content (AvgIpc) is 3.44. The van der Waals surface area contributed by atoms with E-state index in [-0.39, 0.29) is 18.0 Å². The van der Waals surface area contributed by atoms with Gasteiger partial charge in [0.25, 0.3) is 0 Å². The van der Waals surface area contributed by atoms with E-state index >= 15 is 0 Å². The number of fused-ring (bicyclic) bond motifs is 7. The number of carboxylic acid groups (broad SMARTS) is 1. The lowest BCUT2D eigenvalue weighted by atomic mass is 9.44. The summed E-state index contributed by atoms with van der Waals surface area (Å²) < 4.78 is 19.6. The average molecular weight is 615 g/mol. The van der Waals surface area contributed by atoms with Crippen molar-refractivity contribution in [3.63, 3.8) is 0 Å². The van der Waals surface area contributed by atoms with Crippen LogP contribution in [-0.2, 0) is 23.8 Å². The Balaban J connectivity index is 0.955. The Hall–Kier alpha value is -1.87. The molecule has 3 saturated heterocycles. The summed E-state index contributed by atoms with van der Waals surface area (Å²) in [6.07, 6.45) is 11.0. The summed E-state index contributed by atoms with van der Waals surface area (Å²) >= 11 is 0. The van der Waals surface area contributed by atoms with E-state index in [1.165, 1.54) is 43.4 Å². The highest BCUT2D eigenvalue weighted by Gasteiger charge is 2.69. The molecule has 0 radical (unpaired) electrons. The van der Waals surface area contributed by atoms with E-state index in [9.17, 15) is 14.4 Å². The van der Waals surface area contributed by atoms with Gasteiger partial charge in [-0.15, -0.1) is 0 Å². The van der Waals surface area contributed by atoms with Crippen LogP contribution in [0.15, 0.2) is 0 Å². The number of piperazine rings is 1. The van der Waals surface area contributed by atoms with Gasteiger partial charge in [-0.2, -0.15) is 0 Å². The van der Waals surface area contributed by atoms with Crippen LogP contribution >= 0.6 is 0 Å². The van der Waals surface area contributed by atoms with Gasteiger partial charge in [0.1, 0.15) is 12.5 Å². The smallest absolute Gasteiger partial charge is 0.410 e. The van der Waals surface area contributed by atoms with E-state index in [1.807, 2.05) is 0 Å². The fourth-order valence-electron chi connectivity index (χ4n) is 11.9. The van der Waals surface area contributed by atoms with Crippen molar-refractivity contribution in [1.82, 2.24) is 9.80 Å². The van der Waals surface area contributed by atoms with Crippen LogP contribution in [0.3, 0.4) is 0 Å². The Kier molecular flexibility index (Phi) is 7.79. The Morgan fingerprint density at radius 3 is 2.30 bits per heavy atom. The highest BCUT2D eigenvalue weighted by atomic mass is 16.7. The fraction of sp³-hybridized carbons (Fsp3) is 0.914. The second-order valence-electron chi connectivity index (χ2n) is 16.4. The Morgan fingerprint density at radius 2 is 1.59 bits per heavy atom. The van der Waals surface area contributed by atoms with Crippen LogP contribution in [-0.4, -0.2) is 83.7 Å². The molecule has 4 aliphatic carbocycles. The molecular weight excluding hydrogens is 560 g/mol. The summed E-state index contributed by atoms with van der Waals surface area (Å²) in [4.78, 5) is 39.3. The zero-order valence-corrected chi connectivity index (χ0v) is 27.3. The first kappa shape index (κ1) is 30.8. The van der Waals surface area contributed by atoms with Gasteiger partial charge in [-0.1, -0.05) is 27.7 Å². The number of ether oxygens (including phenoxy) is 3. The summed E-state index contributed by atoms with van der Waals surface area (Å²) in [5, 5.41) is 8.91. The predicted molar refractivity (Wildman–Crippen MR) is 162 cm³/mol. The molecule has 0 aromatic carbocycles. The molecule has 9 heteroatoms. The van der Waals surface area contributed by atoms with E-state index in [0.717, 1.165) is 50.0 Å². The third-order valence-corrected chi connectivity index (χ3v) is 14.3. The second kappa shape index (κ2) is 11.1. The highest BCUT2D eigenvalue weighted by molar-refractivity contribution is 5.93. The van der Waals surface area contributed by atoms with Gasteiger partial charge >= 0.3 is 12.1 Å². The topological polar surface area (TPSA) is 106 Å². The molecule has 246 valence electrons. The first-order valence-corrected chi connectivity index (χ1v) is 17.7. The molecule has 2 amide bonds. The number of aliphatic carboxylic acids is 1. The van der Waals surface area contributed by atoms with Gasteiger partial charge < -0.3 is 29.1 Å². The SMILES string of the molecule is C[C@H]1CC[C@@]2(OC1)OC1CC3C4CCC5C[C@@H](OC(=O)N6CCN(C(=O)CC(=O)O)CC6)CC[C@]5(C)C4CCC3(C)C1[C@@H]2C. The zero-order chi connectivity index (χ0) is 31.0. The first-order chi connectivity index (χ1) is 20.9. The van der Waals surface area contributed by atoms with Gasteiger partial charge in [-0.3, -0.25) is 9.59 Å². The monoisotopic (exact) mass is 614 g/mol. The van der Waals surface area contributed by atoms with Crippen LogP contribution in [0.5, 0.6) is 0 Å². The van der Waals surface area contributed by atoms with Gasteiger partial charge in [-0.25, -0.2) is 4.79 Å². The fourth-order valence-corrected chi connectivity index (χ4v) is 11.9. The molecule has 7 aliphatic rings. The molecule has 4 saturated carbocycles. The number of rotatable bonds is 3. The van der Waals surface area contributed by atoms with Gasteiger partial charge in [0, 0.05) is 38.5 Å². The number of amides is 2. The quantitative estimate of drug-likeness (QED) is 0.415. The van der Waals surface area contributed by atoms with E-state index in [4.69, 9.17) is 19.3 Å². The number of nitrogens with zero attached hydrogens (tertiary/aromatic N) is 2. The Morgan fingerprint density at radius 1 is 0.864 bits per heavy atom. The molecule has 0 aromatic heterocycles. The van der Waals surface area contributed by atoms with Crippen molar-refractivity contribution in [2.75, 3.05) is 32.8 Å². The Bertz CT molecular complexity index is 1150. The van der Waals surface area contributed by atoms with Gasteiger partial charge in [-0.05, 0) is 104 Å². The van der Waals surface area contributed by atoms with Gasteiger partial charge in [0.05, 0.1) is 12.7 Å².